The minimum absolute atomic E-state index is 0.0112. The lowest BCUT2D eigenvalue weighted by Crippen LogP contribution is -2.58. The predicted molar refractivity (Wildman–Crippen MR) is 62.8 cm³/mol. The highest BCUT2D eigenvalue weighted by molar-refractivity contribution is 4.92. The second-order valence-electron chi connectivity index (χ2n) is 5.40. The molecule has 1 heterocycles. The van der Waals surface area contributed by atoms with Crippen LogP contribution in [0.5, 0.6) is 0 Å². The first-order valence-electron chi connectivity index (χ1n) is 6.63. The Kier molecular flexibility index (Phi) is 3.36. The van der Waals surface area contributed by atoms with Crippen molar-refractivity contribution in [3.63, 3.8) is 0 Å². The Bertz CT molecular complexity index is 193. The summed E-state index contributed by atoms with van der Waals surface area (Å²) in [5.74, 6) is 0. The summed E-state index contributed by atoms with van der Waals surface area (Å²) in [7, 11) is 0. The molecule has 0 aromatic carbocycles. The number of hydrogen-bond acceptors (Lipinski definition) is 2. The van der Waals surface area contributed by atoms with Gasteiger partial charge in [-0.25, -0.2) is 0 Å². The Hall–Kier alpha value is -0.0800. The van der Waals surface area contributed by atoms with Crippen LogP contribution in [-0.4, -0.2) is 18.9 Å². The Morgan fingerprint density at radius 2 is 1.73 bits per heavy atom. The standard InChI is InChI=1S/C13H25NO/c1-3-13(4-2)14-10-12(11-15-13)8-6-5-7-9-12/h14H,3-11H2,1-2H3. The lowest BCUT2D eigenvalue weighted by molar-refractivity contribution is -0.156. The summed E-state index contributed by atoms with van der Waals surface area (Å²) < 4.78 is 6.15. The van der Waals surface area contributed by atoms with Gasteiger partial charge in [-0.15, -0.1) is 0 Å². The zero-order valence-electron chi connectivity index (χ0n) is 10.3. The van der Waals surface area contributed by atoms with Crippen molar-refractivity contribution in [2.24, 2.45) is 5.41 Å². The third-order valence-corrected chi connectivity index (χ3v) is 4.50. The van der Waals surface area contributed by atoms with E-state index in [1.54, 1.807) is 0 Å². The fourth-order valence-electron chi connectivity index (χ4n) is 3.07. The van der Waals surface area contributed by atoms with E-state index in [-0.39, 0.29) is 5.72 Å². The van der Waals surface area contributed by atoms with Gasteiger partial charge in [0.25, 0.3) is 0 Å². The number of hydrogen-bond donors (Lipinski definition) is 1. The Labute approximate surface area is 93.8 Å². The van der Waals surface area contributed by atoms with E-state index in [9.17, 15) is 0 Å². The van der Waals surface area contributed by atoms with Crippen molar-refractivity contribution < 1.29 is 4.74 Å². The molecule has 88 valence electrons. The topological polar surface area (TPSA) is 21.3 Å². The molecule has 0 amide bonds. The summed E-state index contributed by atoms with van der Waals surface area (Å²) in [4.78, 5) is 0. The van der Waals surface area contributed by atoms with Crippen molar-refractivity contribution in [1.82, 2.24) is 5.32 Å². The molecule has 1 aliphatic heterocycles. The summed E-state index contributed by atoms with van der Waals surface area (Å²) in [6, 6.07) is 0. The van der Waals surface area contributed by atoms with Crippen LogP contribution < -0.4 is 5.32 Å². The Morgan fingerprint density at radius 3 is 2.20 bits per heavy atom. The highest BCUT2D eigenvalue weighted by Crippen LogP contribution is 2.40. The van der Waals surface area contributed by atoms with E-state index < -0.39 is 0 Å². The molecule has 0 bridgehead atoms. The fourth-order valence-corrected chi connectivity index (χ4v) is 3.07. The molecule has 2 fully saturated rings. The molecule has 1 spiro atoms. The van der Waals surface area contributed by atoms with E-state index >= 15 is 0 Å². The monoisotopic (exact) mass is 211 g/mol. The van der Waals surface area contributed by atoms with Crippen LogP contribution >= 0.6 is 0 Å². The van der Waals surface area contributed by atoms with Gasteiger partial charge in [0.2, 0.25) is 0 Å². The third kappa shape index (κ3) is 2.21. The summed E-state index contributed by atoms with van der Waals surface area (Å²) in [6.07, 6.45) is 9.12. The Morgan fingerprint density at radius 1 is 1.07 bits per heavy atom. The molecule has 1 saturated carbocycles. The predicted octanol–water partition coefficient (Wildman–Crippen LogP) is 3.07. The zero-order chi connectivity index (χ0) is 10.8. The molecule has 2 heteroatoms. The Balaban J connectivity index is 1.95. The van der Waals surface area contributed by atoms with Crippen LogP contribution in [0, 0.1) is 5.41 Å². The number of ether oxygens (including phenoxy) is 1. The second kappa shape index (κ2) is 4.42. The van der Waals surface area contributed by atoms with Crippen molar-refractivity contribution in [3.8, 4) is 0 Å². The van der Waals surface area contributed by atoms with Gasteiger partial charge in [0.05, 0.1) is 6.61 Å². The van der Waals surface area contributed by atoms with E-state index in [0.717, 1.165) is 19.4 Å². The highest BCUT2D eigenvalue weighted by Gasteiger charge is 2.41. The molecule has 15 heavy (non-hydrogen) atoms. The van der Waals surface area contributed by atoms with Gasteiger partial charge in [-0.2, -0.15) is 0 Å². The van der Waals surface area contributed by atoms with E-state index in [1.807, 2.05) is 0 Å². The van der Waals surface area contributed by atoms with Crippen molar-refractivity contribution in [3.05, 3.63) is 0 Å². The summed E-state index contributed by atoms with van der Waals surface area (Å²) in [6.45, 7) is 6.60. The molecule has 0 radical (unpaired) electrons. The lowest BCUT2D eigenvalue weighted by atomic mass is 9.73. The van der Waals surface area contributed by atoms with E-state index in [1.165, 1.54) is 38.6 Å². The normalized spacial score (nSPS) is 29.2. The van der Waals surface area contributed by atoms with Gasteiger partial charge in [0, 0.05) is 12.0 Å². The maximum atomic E-state index is 6.15. The minimum atomic E-state index is -0.0112. The summed E-state index contributed by atoms with van der Waals surface area (Å²) in [5, 5.41) is 3.67. The van der Waals surface area contributed by atoms with Crippen LogP contribution in [0.3, 0.4) is 0 Å². The van der Waals surface area contributed by atoms with Crippen molar-refractivity contribution in [1.29, 1.82) is 0 Å². The van der Waals surface area contributed by atoms with Gasteiger partial charge in [0.1, 0.15) is 5.72 Å². The van der Waals surface area contributed by atoms with Crippen molar-refractivity contribution in [2.45, 2.75) is 64.5 Å². The second-order valence-corrected chi connectivity index (χ2v) is 5.40. The lowest BCUT2D eigenvalue weighted by Gasteiger charge is -2.48. The van der Waals surface area contributed by atoms with Crippen LogP contribution in [0.25, 0.3) is 0 Å². The van der Waals surface area contributed by atoms with Crippen LogP contribution in [-0.2, 0) is 4.74 Å². The third-order valence-electron chi connectivity index (χ3n) is 4.50. The quantitative estimate of drug-likeness (QED) is 0.758. The molecule has 2 nitrogen and oxygen atoms in total. The van der Waals surface area contributed by atoms with Crippen LogP contribution in [0.4, 0.5) is 0 Å². The van der Waals surface area contributed by atoms with Gasteiger partial charge in [-0.05, 0) is 25.7 Å². The summed E-state index contributed by atoms with van der Waals surface area (Å²) in [5.41, 5.74) is 0.467. The van der Waals surface area contributed by atoms with Gasteiger partial charge in [0.15, 0.2) is 0 Å². The molecule has 0 unspecified atom stereocenters. The minimum Gasteiger partial charge on any atom is -0.360 e. The molecular weight excluding hydrogens is 186 g/mol. The smallest absolute Gasteiger partial charge is 0.118 e. The van der Waals surface area contributed by atoms with Crippen LogP contribution in [0.2, 0.25) is 0 Å². The molecule has 0 aromatic heterocycles. The first-order chi connectivity index (χ1) is 7.24. The zero-order valence-corrected chi connectivity index (χ0v) is 10.3. The van der Waals surface area contributed by atoms with Gasteiger partial charge < -0.3 is 4.74 Å². The van der Waals surface area contributed by atoms with Gasteiger partial charge in [-0.3, -0.25) is 5.32 Å². The fraction of sp³-hybridized carbons (Fsp3) is 1.00. The average molecular weight is 211 g/mol. The molecule has 0 atom stereocenters. The largest absolute Gasteiger partial charge is 0.360 e. The van der Waals surface area contributed by atoms with Gasteiger partial charge in [-0.1, -0.05) is 33.1 Å². The summed E-state index contributed by atoms with van der Waals surface area (Å²) >= 11 is 0. The number of nitrogens with one attached hydrogen (secondary N) is 1. The maximum Gasteiger partial charge on any atom is 0.118 e. The molecular formula is C13H25NO. The molecule has 1 aliphatic carbocycles. The average Bonchev–Trinajstić information content (AvgIpc) is 2.32. The highest BCUT2D eigenvalue weighted by atomic mass is 16.5. The maximum absolute atomic E-state index is 6.15. The van der Waals surface area contributed by atoms with E-state index in [2.05, 4.69) is 19.2 Å². The molecule has 2 aliphatic rings. The molecule has 0 aromatic rings. The van der Waals surface area contributed by atoms with E-state index in [4.69, 9.17) is 4.74 Å². The number of rotatable bonds is 2. The van der Waals surface area contributed by atoms with Crippen molar-refractivity contribution >= 4 is 0 Å². The van der Waals surface area contributed by atoms with Crippen LogP contribution in [0.1, 0.15) is 58.8 Å². The van der Waals surface area contributed by atoms with E-state index in [0.29, 0.717) is 5.41 Å². The first-order valence-corrected chi connectivity index (χ1v) is 6.63. The molecule has 2 rings (SSSR count). The van der Waals surface area contributed by atoms with Gasteiger partial charge >= 0.3 is 0 Å². The molecule has 1 saturated heterocycles. The SMILES string of the molecule is CCC1(CC)NCC2(CCCCC2)CO1. The first kappa shape index (κ1) is 11.4. The van der Waals surface area contributed by atoms with Crippen LogP contribution in [0.15, 0.2) is 0 Å². The molecule has 1 N–H and O–H groups in total. The van der Waals surface area contributed by atoms with Crippen molar-refractivity contribution in [2.75, 3.05) is 13.2 Å².